The predicted molar refractivity (Wildman–Crippen MR) is 134 cm³/mol. The molecule has 4 rings (SSSR count). The summed E-state index contributed by atoms with van der Waals surface area (Å²) in [7, 11) is 0. The number of aromatic nitrogens is 1. The minimum absolute atomic E-state index is 0.537. The summed E-state index contributed by atoms with van der Waals surface area (Å²) in [6, 6.07) is 18.1. The van der Waals surface area contributed by atoms with Crippen molar-refractivity contribution in [2.24, 2.45) is 5.73 Å². The van der Waals surface area contributed by atoms with Crippen LogP contribution in [0.1, 0.15) is 20.8 Å². The van der Waals surface area contributed by atoms with Crippen molar-refractivity contribution >= 4 is 68.4 Å². The van der Waals surface area contributed by atoms with Crippen LogP contribution >= 0.6 is 23.2 Å². The maximum atomic E-state index is 6.10. The molecule has 30 heavy (non-hydrogen) atoms. The monoisotopic (exact) mass is 443 g/mol. The molecule has 6 N–H and O–H groups in total. The van der Waals surface area contributed by atoms with Gasteiger partial charge in [0.25, 0.3) is 0 Å². The molecule has 1 aromatic heterocycles. The lowest BCUT2D eigenvalue weighted by Crippen LogP contribution is -1.96. The van der Waals surface area contributed by atoms with Crippen molar-refractivity contribution in [3.8, 4) is 0 Å². The Labute approximate surface area is 187 Å². The summed E-state index contributed by atoms with van der Waals surface area (Å²) < 4.78 is 0. The van der Waals surface area contributed by atoms with E-state index in [0.29, 0.717) is 10.0 Å². The fourth-order valence-corrected chi connectivity index (χ4v) is 3.38. The van der Waals surface area contributed by atoms with E-state index >= 15 is 0 Å². The van der Waals surface area contributed by atoms with Gasteiger partial charge in [-0.3, -0.25) is 5.41 Å². The van der Waals surface area contributed by atoms with E-state index in [1.54, 1.807) is 6.07 Å². The number of rotatable bonds is 4. The number of fused-ring (bicyclic) bond motifs is 3. The molecular formula is C23H27Cl2N5. The van der Waals surface area contributed by atoms with Crippen LogP contribution in [0, 0.1) is 5.41 Å². The molecule has 0 unspecified atom stereocenters. The zero-order chi connectivity index (χ0) is 22.1. The summed E-state index contributed by atoms with van der Waals surface area (Å²) in [5.41, 5.74) is 9.66. The van der Waals surface area contributed by atoms with Crippen LogP contribution in [0.25, 0.3) is 21.8 Å². The molecular weight excluding hydrogens is 417 g/mol. The van der Waals surface area contributed by atoms with E-state index in [2.05, 4.69) is 58.6 Å². The first-order chi connectivity index (χ1) is 14.6. The number of para-hydroxylation sites is 1. The number of hydrogen-bond donors (Lipinski definition) is 5. The average Bonchev–Trinajstić information content (AvgIpc) is 3.12. The third-order valence-electron chi connectivity index (χ3n) is 4.21. The average molecular weight is 444 g/mol. The molecule has 0 saturated carbocycles. The highest BCUT2D eigenvalue weighted by molar-refractivity contribution is 6.42. The number of H-pyrrole nitrogens is 1. The second-order valence-corrected chi connectivity index (χ2v) is 6.88. The molecule has 0 atom stereocenters. The molecule has 0 fully saturated rings. The molecule has 0 amide bonds. The summed E-state index contributed by atoms with van der Waals surface area (Å²) in [6.45, 7) is 6.99. The van der Waals surface area contributed by atoms with E-state index in [9.17, 15) is 0 Å². The number of halogens is 2. The van der Waals surface area contributed by atoms with Gasteiger partial charge < -0.3 is 21.4 Å². The molecule has 158 valence electrons. The first kappa shape index (κ1) is 23.4. The molecule has 1 heterocycles. The molecule has 0 spiro atoms. The molecule has 7 heteroatoms. The highest BCUT2D eigenvalue weighted by Gasteiger charge is 2.09. The SMILES string of the molecule is CC.CCNc1cccc2c1[nH]c1ccc(Nc3ccc(Cl)c(Cl)c3)cc12.N=CN. The fourth-order valence-electron chi connectivity index (χ4n) is 3.08. The number of nitrogens with one attached hydrogen (secondary N) is 4. The lowest BCUT2D eigenvalue weighted by Gasteiger charge is -2.08. The Balaban J connectivity index is 0.000000590. The van der Waals surface area contributed by atoms with Gasteiger partial charge in [-0.05, 0) is 49.4 Å². The summed E-state index contributed by atoms with van der Waals surface area (Å²) >= 11 is 12.1. The molecule has 0 aliphatic rings. The Kier molecular flexibility index (Phi) is 8.84. The molecule has 0 aliphatic carbocycles. The van der Waals surface area contributed by atoms with E-state index < -0.39 is 0 Å². The van der Waals surface area contributed by atoms with Crippen LogP contribution in [0.4, 0.5) is 17.1 Å². The van der Waals surface area contributed by atoms with Crippen molar-refractivity contribution in [1.82, 2.24) is 4.98 Å². The number of hydrogen-bond acceptors (Lipinski definition) is 3. The van der Waals surface area contributed by atoms with Crippen molar-refractivity contribution in [1.29, 1.82) is 5.41 Å². The van der Waals surface area contributed by atoms with Crippen LogP contribution in [-0.2, 0) is 0 Å². The number of aromatic amines is 1. The quantitative estimate of drug-likeness (QED) is 0.168. The largest absolute Gasteiger partial charge is 0.390 e. The summed E-state index contributed by atoms with van der Waals surface area (Å²) in [6.07, 6.45) is 0.750. The van der Waals surface area contributed by atoms with Crippen LogP contribution in [-0.4, -0.2) is 17.9 Å². The van der Waals surface area contributed by atoms with Gasteiger partial charge in [0.15, 0.2) is 0 Å². The second kappa shape index (κ2) is 11.3. The number of anilines is 3. The number of nitrogens with two attached hydrogens (primary N) is 1. The van der Waals surface area contributed by atoms with E-state index in [0.717, 1.165) is 41.0 Å². The van der Waals surface area contributed by atoms with Crippen LogP contribution < -0.4 is 16.4 Å². The van der Waals surface area contributed by atoms with Gasteiger partial charge in [-0.1, -0.05) is 49.2 Å². The Hall–Kier alpha value is -2.89. The van der Waals surface area contributed by atoms with Gasteiger partial charge in [-0.15, -0.1) is 0 Å². The lowest BCUT2D eigenvalue weighted by molar-refractivity contribution is 1.22. The highest BCUT2D eigenvalue weighted by atomic mass is 35.5. The maximum Gasteiger partial charge on any atom is 0.0765 e. The molecule has 0 bridgehead atoms. The van der Waals surface area contributed by atoms with Gasteiger partial charge in [0.1, 0.15) is 0 Å². The predicted octanol–water partition coefficient (Wildman–Crippen LogP) is 7.38. The van der Waals surface area contributed by atoms with Crippen molar-refractivity contribution in [3.05, 3.63) is 64.6 Å². The topological polar surface area (TPSA) is 89.7 Å². The second-order valence-electron chi connectivity index (χ2n) is 6.06. The Morgan fingerprint density at radius 3 is 2.30 bits per heavy atom. The molecule has 4 aromatic rings. The van der Waals surface area contributed by atoms with Gasteiger partial charge in [0.05, 0.1) is 27.6 Å². The van der Waals surface area contributed by atoms with E-state index in [4.69, 9.17) is 28.6 Å². The summed E-state index contributed by atoms with van der Waals surface area (Å²) in [5.74, 6) is 0. The summed E-state index contributed by atoms with van der Waals surface area (Å²) in [5, 5.41) is 16.1. The first-order valence-corrected chi connectivity index (χ1v) is 10.5. The lowest BCUT2D eigenvalue weighted by atomic mass is 10.1. The zero-order valence-corrected chi connectivity index (χ0v) is 18.8. The first-order valence-electron chi connectivity index (χ1n) is 9.78. The Morgan fingerprint density at radius 1 is 0.967 bits per heavy atom. The molecule has 0 radical (unpaired) electrons. The Morgan fingerprint density at radius 2 is 1.63 bits per heavy atom. The highest BCUT2D eigenvalue weighted by Crippen LogP contribution is 2.33. The minimum atomic E-state index is 0.537. The van der Waals surface area contributed by atoms with Gasteiger partial charge >= 0.3 is 0 Å². The molecule has 5 nitrogen and oxygen atoms in total. The third kappa shape index (κ3) is 5.38. The number of benzene rings is 3. The van der Waals surface area contributed by atoms with Gasteiger partial charge in [-0.25, -0.2) is 0 Å². The summed E-state index contributed by atoms with van der Waals surface area (Å²) in [4.78, 5) is 3.51. The van der Waals surface area contributed by atoms with E-state index in [1.165, 1.54) is 10.8 Å². The van der Waals surface area contributed by atoms with Crippen molar-refractivity contribution in [2.75, 3.05) is 17.2 Å². The van der Waals surface area contributed by atoms with E-state index in [-0.39, 0.29) is 0 Å². The normalized spacial score (nSPS) is 9.90. The van der Waals surface area contributed by atoms with Crippen LogP contribution in [0.5, 0.6) is 0 Å². The van der Waals surface area contributed by atoms with Crippen LogP contribution in [0.2, 0.25) is 10.0 Å². The smallest absolute Gasteiger partial charge is 0.0765 e. The van der Waals surface area contributed by atoms with Crippen LogP contribution in [0.3, 0.4) is 0 Å². The minimum Gasteiger partial charge on any atom is -0.390 e. The van der Waals surface area contributed by atoms with Gasteiger partial charge in [0, 0.05) is 34.2 Å². The van der Waals surface area contributed by atoms with Crippen LogP contribution in [0.15, 0.2) is 54.6 Å². The van der Waals surface area contributed by atoms with Crippen molar-refractivity contribution in [2.45, 2.75) is 20.8 Å². The molecule has 0 aliphatic heterocycles. The maximum absolute atomic E-state index is 6.10. The molecule has 0 saturated heterocycles. The fraction of sp³-hybridized carbons (Fsp3) is 0.174. The van der Waals surface area contributed by atoms with Gasteiger partial charge in [0.2, 0.25) is 0 Å². The van der Waals surface area contributed by atoms with Crippen molar-refractivity contribution < 1.29 is 0 Å². The Bertz CT molecular complexity index is 1120. The zero-order valence-electron chi connectivity index (χ0n) is 17.3. The van der Waals surface area contributed by atoms with E-state index in [1.807, 2.05) is 32.0 Å². The van der Waals surface area contributed by atoms with Crippen molar-refractivity contribution in [3.63, 3.8) is 0 Å². The van der Waals surface area contributed by atoms with Gasteiger partial charge in [-0.2, -0.15) is 0 Å². The standard InChI is InChI=1S/C20H17Cl2N3.C2H6.CH4N2/c1-2-23-19-5-3-4-14-15-10-12(7-9-18(15)25-20(14)19)24-13-6-8-16(21)17(22)11-13;1-2;2-1-3/h3-11,23-25H,2H2,1H3;1-2H3;1H,(H3,2,3). The third-order valence-corrected chi connectivity index (χ3v) is 4.95. The molecule has 3 aromatic carbocycles.